The number of methoxy groups -OCH3 is 1. The minimum Gasteiger partial charge on any atom is -0.494 e. The molecule has 0 aromatic heterocycles. The Balaban J connectivity index is 2.05. The summed E-state index contributed by atoms with van der Waals surface area (Å²) in [5.41, 5.74) is 1.59. The number of halogens is 1. The Labute approximate surface area is 113 Å². The summed E-state index contributed by atoms with van der Waals surface area (Å²) < 4.78 is 18.4. The molecule has 102 valence electrons. The lowest BCUT2D eigenvalue weighted by Crippen LogP contribution is -2.12. The smallest absolute Gasteiger partial charge is 0.165 e. The highest BCUT2D eigenvalue weighted by Gasteiger charge is 2.16. The first-order chi connectivity index (χ1) is 9.10. The van der Waals surface area contributed by atoms with Crippen molar-refractivity contribution in [3.63, 3.8) is 0 Å². The summed E-state index contributed by atoms with van der Waals surface area (Å²) in [7, 11) is 1.43. The van der Waals surface area contributed by atoms with Crippen molar-refractivity contribution in [3.05, 3.63) is 41.2 Å². The molecule has 0 spiro atoms. The molecule has 0 fully saturated rings. The van der Waals surface area contributed by atoms with Crippen LogP contribution in [0, 0.1) is 11.7 Å². The van der Waals surface area contributed by atoms with Gasteiger partial charge in [-0.15, -0.1) is 0 Å². The molecule has 1 atom stereocenters. The van der Waals surface area contributed by atoms with Gasteiger partial charge in [0.25, 0.3) is 0 Å². The second kappa shape index (κ2) is 6.00. The van der Waals surface area contributed by atoms with E-state index in [2.05, 4.69) is 6.92 Å². The molecule has 0 saturated heterocycles. The molecule has 0 bridgehead atoms. The molecule has 0 heterocycles. The van der Waals surface area contributed by atoms with E-state index < -0.39 is 5.82 Å². The van der Waals surface area contributed by atoms with E-state index in [-0.39, 0.29) is 18.0 Å². The normalized spacial score (nSPS) is 18.9. The number of ketones is 1. The van der Waals surface area contributed by atoms with Crippen LogP contribution in [0.3, 0.4) is 0 Å². The van der Waals surface area contributed by atoms with Gasteiger partial charge in [0.1, 0.15) is 0 Å². The van der Waals surface area contributed by atoms with Crippen LogP contribution in [0.1, 0.15) is 31.7 Å². The van der Waals surface area contributed by atoms with Crippen LogP contribution in [-0.4, -0.2) is 12.9 Å². The average molecular weight is 262 g/mol. The second-order valence-corrected chi connectivity index (χ2v) is 5.18. The predicted molar refractivity (Wildman–Crippen MR) is 72.8 cm³/mol. The topological polar surface area (TPSA) is 26.3 Å². The lowest BCUT2D eigenvalue weighted by molar-refractivity contribution is -0.115. The minimum atomic E-state index is -0.418. The van der Waals surface area contributed by atoms with Gasteiger partial charge < -0.3 is 4.74 Å². The molecule has 0 N–H and O–H groups in total. The van der Waals surface area contributed by atoms with E-state index >= 15 is 0 Å². The molecule has 1 aromatic carbocycles. The van der Waals surface area contributed by atoms with E-state index in [9.17, 15) is 9.18 Å². The van der Waals surface area contributed by atoms with Crippen LogP contribution in [0.25, 0.3) is 0 Å². The van der Waals surface area contributed by atoms with Crippen molar-refractivity contribution in [2.75, 3.05) is 7.11 Å². The largest absolute Gasteiger partial charge is 0.494 e. The van der Waals surface area contributed by atoms with Crippen molar-refractivity contribution in [2.24, 2.45) is 5.92 Å². The molecular weight excluding hydrogens is 243 g/mol. The quantitative estimate of drug-likeness (QED) is 0.827. The van der Waals surface area contributed by atoms with Gasteiger partial charge in [-0.2, -0.15) is 0 Å². The third-order valence-electron chi connectivity index (χ3n) is 3.61. The molecule has 1 aromatic rings. The Morgan fingerprint density at radius 2 is 2.26 bits per heavy atom. The van der Waals surface area contributed by atoms with Crippen molar-refractivity contribution < 1.29 is 13.9 Å². The zero-order valence-corrected chi connectivity index (χ0v) is 11.4. The maximum Gasteiger partial charge on any atom is 0.165 e. The number of carbonyl (C=O) groups excluding carboxylic acids is 1. The molecule has 1 aliphatic carbocycles. The number of hydrogen-bond donors (Lipinski definition) is 0. The van der Waals surface area contributed by atoms with E-state index in [1.54, 1.807) is 12.1 Å². The van der Waals surface area contributed by atoms with Gasteiger partial charge in [-0.3, -0.25) is 4.79 Å². The van der Waals surface area contributed by atoms with E-state index in [0.717, 1.165) is 24.8 Å². The average Bonchev–Trinajstić information content (AvgIpc) is 2.39. The fourth-order valence-corrected chi connectivity index (χ4v) is 2.34. The molecule has 1 unspecified atom stereocenters. The van der Waals surface area contributed by atoms with Crippen LogP contribution < -0.4 is 4.74 Å². The van der Waals surface area contributed by atoms with Gasteiger partial charge in [0.2, 0.25) is 0 Å². The molecule has 0 aliphatic heterocycles. The summed E-state index contributed by atoms with van der Waals surface area (Å²) in [6, 6.07) is 4.68. The summed E-state index contributed by atoms with van der Waals surface area (Å²) >= 11 is 0. The number of hydrogen-bond acceptors (Lipinski definition) is 2. The molecule has 3 heteroatoms. The van der Waals surface area contributed by atoms with Crippen LogP contribution in [0.5, 0.6) is 5.75 Å². The monoisotopic (exact) mass is 262 g/mol. The Morgan fingerprint density at radius 1 is 1.47 bits per heavy atom. The number of carbonyl (C=O) groups is 1. The van der Waals surface area contributed by atoms with Gasteiger partial charge in [-0.25, -0.2) is 4.39 Å². The van der Waals surface area contributed by atoms with Crippen molar-refractivity contribution in [2.45, 2.75) is 32.6 Å². The zero-order valence-electron chi connectivity index (χ0n) is 11.4. The van der Waals surface area contributed by atoms with Gasteiger partial charge in [-0.1, -0.05) is 19.1 Å². The first-order valence-corrected chi connectivity index (χ1v) is 6.64. The zero-order chi connectivity index (χ0) is 13.8. The highest BCUT2D eigenvalue weighted by Crippen LogP contribution is 2.25. The number of Topliss-reactive ketones (excluding diaryl/α,β-unsaturated/α-hetero) is 1. The SMILES string of the molecule is COc1ccc(CC(=O)C2=CCC(C)CC2)cc1F. The molecule has 0 amide bonds. The third-order valence-corrected chi connectivity index (χ3v) is 3.61. The number of allylic oxidation sites excluding steroid dienone is 2. The summed E-state index contributed by atoms with van der Waals surface area (Å²) in [5.74, 6) is 0.562. The Kier molecular flexibility index (Phi) is 4.35. The molecular formula is C16H19FO2. The van der Waals surface area contributed by atoms with Gasteiger partial charge in [-0.05, 0) is 48.4 Å². The molecule has 0 radical (unpaired) electrons. The summed E-state index contributed by atoms with van der Waals surface area (Å²) in [5, 5.41) is 0. The minimum absolute atomic E-state index is 0.108. The molecule has 0 saturated carbocycles. The van der Waals surface area contributed by atoms with Crippen LogP contribution in [0.15, 0.2) is 29.8 Å². The fourth-order valence-electron chi connectivity index (χ4n) is 2.34. The lowest BCUT2D eigenvalue weighted by Gasteiger charge is -2.17. The lowest BCUT2D eigenvalue weighted by atomic mass is 9.88. The van der Waals surface area contributed by atoms with Crippen LogP contribution >= 0.6 is 0 Å². The Bertz CT molecular complexity index is 505. The van der Waals surface area contributed by atoms with Crippen LogP contribution in [0.2, 0.25) is 0 Å². The van der Waals surface area contributed by atoms with E-state index in [4.69, 9.17) is 4.74 Å². The molecule has 1 aliphatic rings. The highest BCUT2D eigenvalue weighted by molar-refractivity contribution is 5.96. The highest BCUT2D eigenvalue weighted by atomic mass is 19.1. The maximum absolute atomic E-state index is 13.5. The van der Waals surface area contributed by atoms with Crippen LogP contribution in [-0.2, 0) is 11.2 Å². The first-order valence-electron chi connectivity index (χ1n) is 6.64. The van der Waals surface area contributed by atoms with E-state index in [1.165, 1.54) is 13.2 Å². The van der Waals surface area contributed by atoms with Crippen molar-refractivity contribution in [1.82, 2.24) is 0 Å². The fraction of sp³-hybridized carbons (Fsp3) is 0.438. The van der Waals surface area contributed by atoms with Crippen molar-refractivity contribution in [1.29, 1.82) is 0 Å². The molecule has 19 heavy (non-hydrogen) atoms. The van der Waals surface area contributed by atoms with Crippen molar-refractivity contribution >= 4 is 5.78 Å². The Morgan fingerprint density at radius 3 is 2.84 bits per heavy atom. The van der Waals surface area contributed by atoms with Crippen LogP contribution in [0.4, 0.5) is 4.39 Å². The molecule has 2 rings (SSSR count). The van der Waals surface area contributed by atoms with E-state index in [0.29, 0.717) is 11.5 Å². The maximum atomic E-state index is 13.5. The van der Waals surface area contributed by atoms with Gasteiger partial charge >= 0.3 is 0 Å². The summed E-state index contributed by atoms with van der Waals surface area (Å²) in [6.45, 7) is 2.19. The van der Waals surface area contributed by atoms with Gasteiger partial charge in [0.15, 0.2) is 17.3 Å². The first kappa shape index (κ1) is 13.8. The van der Waals surface area contributed by atoms with Crippen molar-refractivity contribution in [3.8, 4) is 5.75 Å². The Hall–Kier alpha value is -1.64. The number of ether oxygens (including phenoxy) is 1. The number of rotatable bonds is 4. The van der Waals surface area contributed by atoms with Gasteiger partial charge in [0.05, 0.1) is 7.11 Å². The number of benzene rings is 1. The van der Waals surface area contributed by atoms with Gasteiger partial charge in [0, 0.05) is 6.42 Å². The third kappa shape index (κ3) is 3.43. The van der Waals surface area contributed by atoms with E-state index in [1.807, 2.05) is 6.08 Å². The summed E-state index contributed by atoms with van der Waals surface area (Å²) in [6.07, 6.45) is 5.18. The predicted octanol–water partition coefficient (Wildman–Crippen LogP) is 3.69. The standard InChI is InChI=1S/C16H19FO2/c1-11-3-6-13(7-4-11)15(18)10-12-5-8-16(19-2)14(17)9-12/h5-6,8-9,11H,3-4,7,10H2,1-2H3. The summed E-state index contributed by atoms with van der Waals surface area (Å²) in [4.78, 5) is 12.1. The second-order valence-electron chi connectivity index (χ2n) is 5.18. The molecule has 2 nitrogen and oxygen atoms in total.